The van der Waals surface area contributed by atoms with Gasteiger partial charge in [0.05, 0.1) is 23.7 Å². The Morgan fingerprint density at radius 2 is 1.82 bits per heavy atom. The van der Waals surface area contributed by atoms with Crippen LogP contribution < -0.4 is 0 Å². The van der Waals surface area contributed by atoms with Crippen molar-refractivity contribution < 1.29 is 19.5 Å². The summed E-state index contributed by atoms with van der Waals surface area (Å²) in [5.41, 5.74) is 3.40. The third-order valence-electron chi connectivity index (χ3n) is 8.16. The lowest BCUT2D eigenvalue weighted by Gasteiger charge is -2.27. The summed E-state index contributed by atoms with van der Waals surface area (Å²) in [5, 5.41) is 14.6. The number of amides is 1. The molecule has 4 heterocycles. The third kappa shape index (κ3) is 4.57. The summed E-state index contributed by atoms with van der Waals surface area (Å²) in [6.07, 6.45) is 4.96. The van der Waals surface area contributed by atoms with Crippen molar-refractivity contribution >= 4 is 44.5 Å². The van der Waals surface area contributed by atoms with E-state index >= 15 is 0 Å². The molecule has 1 N–H and O–H groups in total. The number of carbonyl (C=O) groups is 3. The van der Waals surface area contributed by atoms with Gasteiger partial charge in [-0.05, 0) is 77.4 Å². The van der Waals surface area contributed by atoms with Crippen LogP contribution in [0.3, 0.4) is 0 Å². The van der Waals surface area contributed by atoms with Gasteiger partial charge in [-0.2, -0.15) is 5.10 Å². The molecule has 0 spiro atoms. The number of fused-ring (bicyclic) bond motifs is 2. The number of carbonyl (C=O) groups excluding carboxylic acids is 2. The summed E-state index contributed by atoms with van der Waals surface area (Å²) in [5.74, 6) is -0.844. The van der Waals surface area contributed by atoms with Crippen LogP contribution in [0.25, 0.3) is 22.0 Å². The maximum absolute atomic E-state index is 13.8. The highest BCUT2D eigenvalue weighted by Crippen LogP contribution is 2.59. The first-order valence-electron chi connectivity index (χ1n) is 13.0. The number of hydrogen-bond donors (Lipinski definition) is 1. The van der Waals surface area contributed by atoms with Crippen LogP contribution in [0.2, 0.25) is 0 Å². The van der Waals surface area contributed by atoms with E-state index in [4.69, 9.17) is 0 Å². The van der Waals surface area contributed by atoms with Crippen molar-refractivity contribution in [3.8, 4) is 11.1 Å². The number of Topliss-reactive ketones (excluding diaryl/α,β-unsaturated/α-hetero) is 1. The van der Waals surface area contributed by atoms with Crippen molar-refractivity contribution in [3.05, 3.63) is 70.1 Å². The Kier molecular flexibility index (Phi) is 6.29. The maximum atomic E-state index is 13.8. The molecule has 4 aromatic rings. The first kappa shape index (κ1) is 26.2. The molecule has 10 nitrogen and oxygen atoms in total. The molecule has 1 saturated heterocycles. The van der Waals surface area contributed by atoms with Crippen LogP contribution in [0.5, 0.6) is 0 Å². The van der Waals surface area contributed by atoms with E-state index in [1.165, 1.54) is 4.68 Å². The number of aryl methyl sites for hydroxylation is 2. The minimum atomic E-state index is -1.19. The highest BCUT2D eigenvalue weighted by molar-refractivity contribution is 9.10. The van der Waals surface area contributed by atoms with Gasteiger partial charge < -0.3 is 10.0 Å². The Balaban J connectivity index is 1.29. The second kappa shape index (κ2) is 9.58. The maximum Gasteiger partial charge on any atom is 0.357 e. The molecule has 40 heavy (non-hydrogen) atoms. The lowest BCUT2D eigenvalue weighted by atomic mass is 9.96. The second-order valence-corrected chi connectivity index (χ2v) is 11.8. The van der Waals surface area contributed by atoms with Crippen molar-refractivity contribution in [2.24, 2.45) is 5.41 Å². The number of rotatable bonds is 7. The SMILES string of the molecule is Cc1ncc(-c2ccc3c(c2)c(C(=O)O)nn3CC(=O)N2[C@H](C(=O)Cc3nc(Br)ccc3C)C[C@@]3(C)C[C@@H]23)cn1. The summed E-state index contributed by atoms with van der Waals surface area (Å²) in [6, 6.07) is 8.50. The van der Waals surface area contributed by atoms with Gasteiger partial charge in [0.15, 0.2) is 11.5 Å². The van der Waals surface area contributed by atoms with E-state index in [1.807, 2.05) is 25.1 Å². The largest absolute Gasteiger partial charge is 0.476 e. The van der Waals surface area contributed by atoms with E-state index in [1.54, 1.807) is 36.4 Å². The Morgan fingerprint density at radius 3 is 2.55 bits per heavy atom. The molecule has 0 bridgehead atoms. The van der Waals surface area contributed by atoms with Crippen LogP contribution >= 0.6 is 15.9 Å². The fourth-order valence-corrected chi connectivity index (χ4v) is 6.15. The Hall–Kier alpha value is -3.99. The number of pyridine rings is 1. The molecule has 0 radical (unpaired) electrons. The third-order valence-corrected chi connectivity index (χ3v) is 8.60. The molecule has 1 aliphatic carbocycles. The molecule has 0 unspecified atom stereocenters. The van der Waals surface area contributed by atoms with Gasteiger partial charge in [0.1, 0.15) is 17.0 Å². The zero-order valence-corrected chi connectivity index (χ0v) is 23.8. The molecule has 3 aromatic heterocycles. The minimum absolute atomic E-state index is 0.0144. The fourth-order valence-electron chi connectivity index (χ4n) is 5.80. The molecular formula is C29H27BrN6O4. The molecule has 3 atom stereocenters. The molecule has 2 fully saturated rings. The van der Waals surface area contributed by atoms with Gasteiger partial charge in [0.2, 0.25) is 5.91 Å². The number of benzene rings is 1. The number of nitrogens with zero attached hydrogens (tertiary/aromatic N) is 6. The predicted octanol–water partition coefficient (Wildman–Crippen LogP) is 4.16. The number of aromatic nitrogens is 5. The van der Waals surface area contributed by atoms with E-state index in [0.29, 0.717) is 33.4 Å². The van der Waals surface area contributed by atoms with Gasteiger partial charge in [-0.15, -0.1) is 0 Å². The summed E-state index contributed by atoms with van der Waals surface area (Å²) in [7, 11) is 0. The molecule has 1 saturated carbocycles. The number of piperidine rings is 1. The monoisotopic (exact) mass is 602 g/mol. The van der Waals surface area contributed by atoms with Crippen LogP contribution in [-0.4, -0.2) is 64.5 Å². The topological polar surface area (TPSA) is 131 Å². The van der Waals surface area contributed by atoms with E-state index in [9.17, 15) is 19.5 Å². The lowest BCUT2D eigenvalue weighted by molar-refractivity contribution is -0.139. The molecular weight excluding hydrogens is 576 g/mol. The zero-order valence-electron chi connectivity index (χ0n) is 22.3. The first-order valence-corrected chi connectivity index (χ1v) is 13.8. The molecule has 6 rings (SSSR count). The highest BCUT2D eigenvalue weighted by Gasteiger charge is 2.64. The van der Waals surface area contributed by atoms with Gasteiger partial charge in [-0.3, -0.25) is 14.3 Å². The lowest BCUT2D eigenvalue weighted by Crippen LogP contribution is -2.45. The van der Waals surface area contributed by atoms with E-state index in [2.05, 4.69) is 42.9 Å². The van der Waals surface area contributed by atoms with Gasteiger partial charge >= 0.3 is 5.97 Å². The molecule has 1 amide bonds. The minimum Gasteiger partial charge on any atom is -0.476 e. The molecule has 1 aliphatic heterocycles. The number of hydrogen-bond acceptors (Lipinski definition) is 7. The average molecular weight is 603 g/mol. The van der Waals surface area contributed by atoms with Crippen LogP contribution in [0, 0.1) is 19.3 Å². The van der Waals surface area contributed by atoms with Crippen molar-refractivity contribution in [1.82, 2.24) is 29.6 Å². The number of likely N-dealkylation sites (tertiary alicyclic amines) is 1. The van der Waals surface area contributed by atoms with Gasteiger partial charge in [-0.25, -0.2) is 19.7 Å². The van der Waals surface area contributed by atoms with Crippen LogP contribution in [0.1, 0.15) is 47.3 Å². The van der Waals surface area contributed by atoms with E-state index in [-0.39, 0.29) is 41.8 Å². The molecule has 204 valence electrons. The first-order chi connectivity index (χ1) is 19.0. The Labute approximate surface area is 238 Å². The fraction of sp³-hybridized carbons (Fsp3) is 0.345. The standard InChI is InChI=1S/C29H27BrN6O4/c1-15-4-7-25(30)33-20(15)9-23(37)22-10-29(3)11-24(29)36(22)26(38)14-35-21-6-5-17(18-12-31-16(2)32-13-18)8-19(21)27(34-35)28(39)40/h4-8,12-13,22,24H,9-11,14H2,1-3H3,(H,39,40)/t22-,24+,29-/m0/s1. The van der Waals surface area contributed by atoms with Gasteiger partial charge in [0.25, 0.3) is 0 Å². The number of aromatic carboxylic acids is 1. The van der Waals surface area contributed by atoms with E-state index in [0.717, 1.165) is 23.1 Å². The highest BCUT2D eigenvalue weighted by atomic mass is 79.9. The smallest absolute Gasteiger partial charge is 0.357 e. The van der Waals surface area contributed by atoms with Crippen molar-refractivity contribution in [3.63, 3.8) is 0 Å². The van der Waals surface area contributed by atoms with Crippen molar-refractivity contribution in [1.29, 1.82) is 0 Å². The van der Waals surface area contributed by atoms with Gasteiger partial charge in [0, 0.05) is 29.4 Å². The normalized spacial score (nSPS) is 21.4. The average Bonchev–Trinajstić information content (AvgIpc) is 3.28. The number of ketones is 1. The molecule has 1 aromatic carbocycles. The predicted molar refractivity (Wildman–Crippen MR) is 150 cm³/mol. The summed E-state index contributed by atoms with van der Waals surface area (Å²) in [6.45, 7) is 5.65. The molecule has 11 heteroatoms. The van der Waals surface area contributed by atoms with Crippen LogP contribution in [-0.2, 0) is 22.6 Å². The summed E-state index contributed by atoms with van der Waals surface area (Å²) < 4.78 is 2.09. The quantitative estimate of drug-likeness (QED) is 0.312. The Bertz CT molecular complexity index is 1700. The van der Waals surface area contributed by atoms with Gasteiger partial charge in [-0.1, -0.05) is 19.1 Å². The number of halogens is 1. The molecule has 2 aliphatic rings. The van der Waals surface area contributed by atoms with Crippen molar-refractivity contribution in [2.45, 2.75) is 58.7 Å². The summed E-state index contributed by atoms with van der Waals surface area (Å²) >= 11 is 3.37. The van der Waals surface area contributed by atoms with E-state index < -0.39 is 12.0 Å². The second-order valence-electron chi connectivity index (χ2n) is 11.0. The zero-order chi connectivity index (χ0) is 28.3. The van der Waals surface area contributed by atoms with Crippen molar-refractivity contribution in [2.75, 3.05) is 0 Å². The number of carboxylic acids is 1. The Morgan fingerprint density at radius 1 is 1.07 bits per heavy atom. The van der Waals surface area contributed by atoms with Crippen LogP contribution in [0.4, 0.5) is 0 Å². The number of carboxylic acid groups (broad SMARTS) is 1. The summed E-state index contributed by atoms with van der Waals surface area (Å²) in [4.78, 5) is 54.0. The van der Waals surface area contributed by atoms with Crippen LogP contribution in [0.15, 0.2) is 47.3 Å².